The van der Waals surface area contributed by atoms with Crippen LogP contribution in [-0.4, -0.2) is 18.3 Å². The predicted molar refractivity (Wildman–Crippen MR) is 76.6 cm³/mol. The van der Waals surface area contributed by atoms with E-state index < -0.39 is 11.7 Å². The Kier molecular flexibility index (Phi) is 4.98. The van der Waals surface area contributed by atoms with Gasteiger partial charge in [-0.25, -0.2) is 4.79 Å². The molecule has 1 aromatic rings. The van der Waals surface area contributed by atoms with Crippen molar-refractivity contribution in [3.05, 3.63) is 36.4 Å². The molecule has 0 aliphatic heterocycles. The smallest absolute Gasteiger partial charge is 0.412 e. The maximum Gasteiger partial charge on any atom is 0.412 e. The average molecular weight is 263 g/mol. The summed E-state index contributed by atoms with van der Waals surface area (Å²) in [6, 6.07) is 7.10. The number of anilines is 1. The summed E-state index contributed by atoms with van der Waals surface area (Å²) >= 11 is 0. The van der Waals surface area contributed by atoms with Crippen LogP contribution in [0.25, 0.3) is 0 Å². The van der Waals surface area contributed by atoms with Crippen molar-refractivity contribution in [1.29, 1.82) is 0 Å². The number of carbonyl (C=O) groups is 1. The molecule has 0 fully saturated rings. The van der Waals surface area contributed by atoms with Gasteiger partial charge in [-0.05, 0) is 57.5 Å². The van der Waals surface area contributed by atoms with E-state index in [1.807, 2.05) is 27.7 Å². The van der Waals surface area contributed by atoms with Crippen LogP contribution in [0.15, 0.2) is 36.4 Å². The predicted octanol–water partition coefficient (Wildman–Crippen LogP) is 3.99. The Hall–Kier alpha value is -1.97. The van der Waals surface area contributed by atoms with Crippen molar-refractivity contribution < 1.29 is 14.3 Å². The topological polar surface area (TPSA) is 47.6 Å². The number of ether oxygens (including phenoxy) is 2. The highest BCUT2D eigenvalue weighted by Crippen LogP contribution is 2.17. The van der Waals surface area contributed by atoms with Crippen molar-refractivity contribution in [2.24, 2.45) is 0 Å². The number of amides is 1. The zero-order chi connectivity index (χ0) is 14.5. The van der Waals surface area contributed by atoms with E-state index in [2.05, 4.69) is 11.9 Å². The van der Waals surface area contributed by atoms with Gasteiger partial charge in [0.25, 0.3) is 0 Å². The lowest BCUT2D eigenvalue weighted by Crippen LogP contribution is -2.27. The molecule has 0 aromatic heterocycles. The molecule has 0 spiro atoms. The summed E-state index contributed by atoms with van der Waals surface area (Å²) in [5.41, 5.74) is 1.11. The number of hydrogen-bond acceptors (Lipinski definition) is 3. The van der Waals surface area contributed by atoms with Gasteiger partial charge in [-0.2, -0.15) is 0 Å². The molecule has 0 saturated carbocycles. The van der Waals surface area contributed by atoms with Crippen LogP contribution in [0.2, 0.25) is 0 Å². The van der Waals surface area contributed by atoms with Crippen molar-refractivity contribution in [3.63, 3.8) is 0 Å². The highest BCUT2D eigenvalue weighted by molar-refractivity contribution is 5.84. The quantitative estimate of drug-likeness (QED) is 0.835. The Morgan fingerprint density at radius 3 is 2.32 bits per heavy atom. The van der Waals surface area contributed by atoms with Gasteiger partial charge >= 0.3 is 6.09 Å². The Morgan fingerprint density at radius 1 is 1.26 bits per heavy atom. The van der Waals surface area contributed by atoms with Crippen LogP contribution in [0, 0.1) is 0 Å². The van der Waals surface area contributed by atoms with Crippen molar-refractivity contribution in [3.8, 4) is 5.75 Å². The number of rotatable bonds is 4. The van der Waals surface area contributed by atoms with E-state index in [0.29, 0.717) is 12.3 Å². The Bertz CT molecular complexity index is 443. The molecule has 0 bridgehead atoms. The van der Waals surface area contributed by atoms with Crippen molar-refractivity contribution in [1.82, 2.24) is 0 Å². The summed E-state index contributed by atoms with van der Waals surface area (Å²) in [4.78, 5) is 11.6. The zero-order valence-corrected chi connectivity index (χ0v) is 11.9. The van der Waals surface area contributed by atoms with Gasteiger partial charge in [0.2, 0.25) is 0 Å². The lowest BCUT2D eigenvalue weighted by molar-refractivity contribution is 0.0636. The molecule has 0 unspecified atom stereocenters. The first-order chi connectivity index (χ1) is 8.76. The monoisotopic (exact) mass is 263 g/mol. The van der Waals surface area contributed by atoms with Crippen molar-refractivity contribution in [2.75, 3.05) is 11.9 Å². The van der Waals surface area contributed by atoms with E-state index >= 15 is 0 Å². The van der Waals surface area contributed by atoms with E-state index in [1.54, 1.807) is 24.3 Å². The summed E-state index contributed by atoms with van der Waals surface area (Å²) in [7, 11) is 0. The van der Waals surface area contributed by atoms with E-state index in [1.165, 1.54) is 0 Å². The fraction of sp³-hybridized carbons (Fsp3) is 0.400. The molecule has 104 valence electrons. The fourth-order valence-electron chi connectivity index (χ4n) is 1.26. The second-order valence-electron chi connectivity index (χ2n) is 5.40. The zero-order valence-electron chi connectivity index (χ0n) is 11.9. The van der Waals surface area contributed by atoms with Gasteiger partial charge in [0.15, 0.2) is 0 Å². The maximum atomic E-state index is 11.6. The number of hydrogen-bond donors (Lipinski definition) is 1. The molecule has 1 rings (SSSR count). The minimum absolute atomic E-state index is 0.469. The van der Waals surface area contributed by atoms with Gasteiger partial charge in [-0.1, -0.05) is 6.58 Å². The maximum absolute atomic E-state index is 11.6. The molecule has 1 aromatic carbocycles. The summed E-state index contributed by atoms with van der Waals surface area (Å²) in [6.45, 7) is 11.6. The van der Waals surface area contributed by atoms with E-state index in [4.69, 9.17) is 9.47 Å². The van der Waals surface area contributed by atoms with Gasteiger partial charge < -0.3 is 9.47 Å². The molecule has 19 heavy (non-hydrogen) atoms. The van der Waals surface area contributed by atoms with Crippen LogP contribution in [0.1, 0.15) is 27.7 Å². The molecular formula is C15H21NO3. The molecule has 0 saturated heterocycles. The number of nitrogens with one attached hydrogen (secondary N) is 1. The summed E-state index contributed by atoms with van der Waals surface area (Å²) in [5, 5.41) is 2.66. The van der Waals surface area contributed by atoms with Gasteiger partial charge in [0.05, 0.1) is 0 Å². The van der Waals surface area contributed by atoms with Crippen LogP contribution in [0.4, 0.5) is 10.5 Å². The average Bonchev–Trinajstić information content (AvgIpc) is 2.25. The van der Waals surface area contributed by atoms with Crippen LogP contribution in [-0.2, 0) is 4.74 Å². The van der Waals surface area contributed by atoms with E-state index in [-0.39, 0.29) is 0 Å². The fourth-order valence-corrected chi connectivity index (χ4v) is 1.26. The van der Waals surface area contributed by atoms with Gasteiger partial charge in [-0.3, -0.25) is 5.32 Å². The van der Waals surface area contributed by atoms with E-state index in [0.717, 1.165) is 11.3 Å². The Labute approximate surface area is 114 Å². The van der Waals surface area contributed by atoms with Crippen LogP contribution in [0.3, 0.4) is 0 Å². The van der Waals surface area contributed by atoms with Crippen LogP contribution < -0.4 is 10.1 Å². The third kappa shape index (κ3) is 6.50. The highest BCUT2D eigenvalue weighted by atomic mass is 16.6. The molecular weight excluding hydrogens is 242 g/mol. The minimum atomic E-state index is -0.505. The van der Waals surface area contributed by atoms with Gasteiger partial charge in [0, 0.05) is 5.69 Å². The molecule has 4 nitrogen and oxygen atoms in total. The second-order valence-corrected chi connectivity index (χ2v) is 5.40. The van der Waals surface area contributed by atoms with Gasteiger partial charge in [-0.15, -0.1) is 0 Å². The third-order valence-electron chi connectivity index (χ3n) is 1.98. The minimum Gasteiger partial charge on any atom is -0.489 e. The second kappa shape index (κ2) is 6.27. The van der Waals surface area contributed by atoms with Gasteiger partial charge in [0.1, 0.15) is 18.0 Å². The normalized spacial score (nSPS) is 10.7. The number of carbonyl (C=O) groups excluding carboxylic acids is 1. The van der Waals surface area contributed by atoms with Crippen molar-refractivity contribution >= 4 is 11.8 Å². The molecule has 0 atom stereocenters. The molecule has 4 heteroatoms. The largest absolute Gasteiger partial charge is 0.489 e. The van der Waals surface area contributed by atoms with Crippen LogP contribution >= 0.6 is 0 Å². The summed E-state index contributed by atoms with van der Waals surface area (Å²) < 4.78 is 10.6. The van der Waals surface area contributed by atoms with E-state index in [9.17, 15) is 4.79 Å². The lowest BCUT2D eigenvalue weighted by Gasteiger charge is -2.19. The number of benzene rings is 1. The Morgan fingerprint density at radius 2 is 1.84 bits per heavy atom. The first kappa shape index (κ1) is 15.1. The SMILES string of the molecule is C=C(C)COc1ccc(NC(=O)OC(C)(C)C)cc1. The Balaban J connectivity index is 2.52. The highest BCUT2D eigenvalue weighted by Gasteiger charge is 2.15. The molecule has 1 amide bonds. The van der Waals surface area contributed by atoms with Crippen molar-refractivity contribution in [2.45, 2.75) is 33.3 Å². The first-order valence-electron chi connectivity index (χ1n) is 6.13. The molecule has 0 aliphatic rings. The summed E-state index contributed by atoms with van der Waals surface area (Å²) in [5.74, 6) is 0.734. The summed E-state index contributed by atoms with van der Waals surface area (Å²) in [6.07, 6.45) is -0.469. The third-order valence-corrected chi connectivity index (χ3v) is 1.98. The van der Waals surface area contributed by atoms with Crippen LogP contribution in [0.5, 0.6) is 5.75 Å². The molecule has 0 radical (unpaired) electrons. The lowest BCUT2D eigenvalue weighted by atomic mass is 10.2. The molecule has 0 heterocycles. The first-order valence-corrected chi connectivity index (χ1v) is 6.13. The molecule has 0 aliphatic carbocycles. The molecule has 1 N–H and O–H groups in total. The standard InChI is InChI=1S/C15H21NO3/c1-11(2)10-18-13-8-6-12(7-9-13)16-14(17)19-15(3,4)5/h6-9H,1,10H2,2-5H3,(H,16,17).